The van der Waals surface area contributed by atoms with Gasteiger partial charge in [-0.2, -0.15) is 0 Å². The number of carboxylic acid groups (broad SMARTS) is 1. The molecule has 94 valence electrons. The standard InChI is InChI=1S/C12H18N2O2S/c1-7-10(12(15)16)5-11(17-7)8-2-3-14-9(4-8)6-13/h5,8-9,14H,2-4,6,13H2,1H3,(H,15,16). The lowest BCUT2D eigenvalue weighted by molar-refractivity contribution is 0.0696. The molecule has 0 aliphatic carbocycles. The van der Waals surface area contributed by atoms with Gasteiger partial charge in [0.05, 0.1) is 5.56 Å². The van der Waals surface area contributed by atoms with Crippen LogP contribution < -0.4 is 11.1 Å². The number of hydrogen-bond acceptors (Lipinski definition) is 4. The number of aromatic carboxylic acids is 1. The lowest BCUT2D eigenvalue weighted by Crippen LogP contribution is -2.42. The first-order chi connectivity index (χ1) is 8.11. The van der Waals surface area contributed by atoms with Gasteiger partial charge in [0.15, 0.2) is 0 Å². The zero-order chi connectivity index (χ0) is 12.4. The summed E-state index contributed by atoms with van der Waals surface area (Å²) in [5.74, 6) is -0.365. The van der Waals surface area contributed by atoms with Crippen molar-refractivity contribution < 1.29 is 9.90 Å². The molecule has 2 atom stereocenters. The molecule has 0 radical (unpaired) electrons. The van der Waals surface area contributed by atoms with Crippen LogP contribution in [0.5, 0.6) is 0 Å². The maximum atomic E-state index is 11.0. The number of aryl methyl sites for hydroxylation is 1. The van der Waals surface area contributed by atoms with Crippen molar-refractivity contribution >= 4 is 17.3 Å². The first kappa shape index (κ1) is 12.5. The van der Waals surface area contributed by atoms with E-state index in [2.05, 4.69) is 5.32 Å². The molecule has 1 saturated heterocycles. The molecule has 1 aliphatic heterocycles. The Balaban J connectivity index is 2.16. The maximum Gasteiger partial charge on any atom is 0.336 e. The van der Waals surface area contributed by atoms with E-state index in [1.807, 2.05) is 13.0 Å². The van der Waals surface area contributed by atoms with Gasteiger partial charge in [-0.3, -0.25) is 0 Å². The summed E-state index contributed by atoms with van der Waals surface area (Å²) < 4.78 is 0. The minimum Gasteiger partial charge on any atom is -0.478 e. The van der Waals surface area contributed by atoms with Crippen LogP contribution in [-0.4, -0.2) is 30.2 Å². The molecule has 0 bridgehead atoms. The van der Waals surface area contributed by atoms with E-state index in [-0.39, 0.29) is 0 Å². The molecule has 0 spiro atoms. The smallest absolute Gasteiger partial charge is 0.336 e. The average molecular weight is 254 g/mol. The van der Waals surface area contributed by atoms with Gasteiger partial charge in [-0.1, -0.05) is 0 Å². The highest BCUT2D eigenvalue weighted by Gasteiger charge is 2.24. The van der Waals surface area contributed by atoms with Gasteiger partial charge in [0.1, 0.15) is 0 Å². The summed E-state index contributed by atoms with van der Waals surface area (Å²) in [5.41, 5.74) is 6.13. The fourth-order valence-corrected chi connectivity index (χ4v) is 3.53. The molecule has 4 nitrogen and oxygen atoms in total. The summed E-state index contributed by atoms with van der Waals surface area (Å²) in [6, 6.07) is 2.20. The third-order valence-corrected chi connectivity index (χ3v) is 4.56. The zero-order valence-corrected chi connectivity index (χ0v) is 10.7. The van der Waals surface area contributed by atoms with Gasteiger partial charge < -0.3 is 16.2 Å². The minimum absolute atomic E-state index is 0.365. The number of hydrogen-bond donors (Lipinski definition) is 3. The van der Waals surface area contributed by atoms with Crippen molar-refractivity contribution in [2.75, 3.05) is 13.1 Å². The number of nitrogens with one attached hydrogen (secondary N) is 1. The van der Waals surface area contributed by atoms with Crippen molar-refractivity contribution in [1.82, 2.24) is 5.32 Å². The Bertz CT molecular complexity index is 417. The highest BCUT2D eigenvalue weighted by Crippen LogP contribution is 2.34. The molecule has 2 heterocycles. The monoisotopic (exact) mass is 254 g/mol. The van der Waals surface area contributed by atoms with Crippen LogP contribution in [0, 0.1) is 6.92 Å². The van der Waals surface area contributed by atoms with E-state index in [9.17, 15) is 4.79 Å². The predicted octanol–water partition coefficient (Wildman–Crippen LogP) is 1.55. The number of rotatable bonds is 3. The lowest BCUT2D eigenvalue weighted by Gasteiger charge is -2.28. The number of carboxylic acids is 1. The molecule has 0 aromatic carbocycles. The number of thiophene rings is 1. The first-order valence-corrected chi connectivity index (χ1v) is 6.70. The van der Waals surface area contributed by atoms with E-state index in [4.69, 9.17) is 10.8 Å². The summed E-state index contributed by atoms with van der Waals surface area (Å²) in [7, 11) is 0. The second kappa shape index (κ2) is 5.16. The normalized spacial score (nSPS) is 24.8. The molecule has 4 N–H and O–H groups in total. The minimum atomic E-state index is -0.825. The van der Waals surface area contributed by atoms with Gasteiger partial charge in [0.25, 0.3) is 0 Å². The SMILES string of the molecule is Cc1sc(C2CCNC(CN)C2)cc1C(=O)O. The van der Waals surface area contributed by atoms with E-state index in [1.54, 1.807) is 11.3 Å². The fourth-order valence-electron chi connectivity index (χ4n) is 2.36. The quantitative estimate of drug-likeness (QED) is 0.765. The van der Waals surface area contributed by atoms with Crippen LogP contribution in [0.3, 0.4) is 0 Å². The van der Waals surface area contributed by atoms with Gasteiger partial charge in [-0.05, 0) is 38.3 Å². The molecule has 0 amide bonds. The maximum absolute atomic E-state index is 11.0. The van der Waals surface area contributed by atoms with Crippen molar-refractivity contribution in [2.24, 2.45) is 5.73 Å². The third-order valence-electron chi connectivity index (χ3n) is 3.35. The van der Waals surface area contributed by atoms with Crippen LogP contribution >= 0.6 is 11.3 Å². The van der Waals surface area contributed by atoms with Crippen LogP contribution in [0.4, 0.5) is 0 Å². The molecule has 5 heteroatoms. The highest BCUT2D eigenvalue weighted by atomic mass is 32.1. The Kier molecular flexibility index (Phi) is 3.81. The van der Waals surface area contributed by atoms with Crippen molar-refractivity contribution in [1.29, 1.82) is 0 Å². The fraction of sp³-hybridized carbons (Fsp3) is 0.583. The number of piperidine rings is 1. The predicted molar refractivity (Wildman–Crippen MR) is 68.8 cm³/mol. The molecule has 2 rings (SSSR count). The Morgan fingerprint density at radius 2 is 2.47 bits per heavy atom. The number of carbonyl (C=O) groups is 1. The van der Waals surface area contributed by atoms with Crippen molar-refractivity contribution in [3.05, 3.63) is 21.4 Å². The van der Waals surface area contributed by atoms with Gasteiger partial charge in [0, 0.05) is 22.3 Å². The molecular formula is C12H18N2O2S. The molecule has 2 unspecified atom stereocenters. The molecule has 17 heavy (non-hydrogen) atoms. The molecular weight excluding hydrogens is 236 g/mol. The van der Waals surface area contributed by atoms with E-state index in [0.29, 0.717) is 24.1 Å². The largest absolute Gasteiger partial charge is 0.478 e. The molecule has 1 aliphatic rings. The summed E-state index contributed by atoms with van der Waals surface area (Å²) >= 11 is 1.61. The van der Waals surface area contributed by atoms with Gasteiger partial charge in [0.2, 0.25) is 0 Å². The zero-order valence-electron chi connectivity index (χ0n) is 9.90. The van der Waals surface area contributed by atoms with Gasteiger partial charge >= 0.3 is 5.97 Å². The van der Waals surface area contributed by atoms with E-state index in [0.717, 1.165) is 24.3 Å². The molecule has 1 fully saturated rings. The van der Waals surface area contributed by atoms with Gasteiger partial charge in [-0.15, -0.1) is 11.3 Å². The van der Waals surface area contributed by atoms with Crippen LogP contribution in [0.25, 0.3) is 0 Å². The van der Waals surface area contributed by atoms with Crippen molar-refractivity contribution in [3.63, 3.8) is 0 Å². The van der Waals surface area contributed by atoms with E-state index in [1.165, 1.54) is 4.88 Å². The molecule has 1 aromatic rings. The summed E-state index contributed by atoms with van der Waals surface area (Å²) in [6.07, 6.45) is 2.07. The van der Waals surface area contributed by atoms with Crippen molar-refractivity contribution in [2.45, 2.75) is 31.7 Å². The van der Waals surface area contributed by atoms with Crippen LogP contribution in [-0.2, 0) is 0 Å². The van der Waals surface area contributed by atoms with Crippen LogP contribution in [0.1, 0.15) is 38.9 Å². The van der Waals surface area contributed by atoms with E-state index >= 15 is 0 Å². The summed E-state index contributed by atoms with van der Waals surface area (Å²) in [4.78, 5) is 13.1. The second-order valence-corrected chi connectivity index (χ2v) is 5.82. The van der Waals surface area contributed by atoms with E-state index < -0.39 is 5.97 Å². The Labute approximate surface area is 105 Å². The Morgan fingerprint density at radius 1 is 1.71 bits per heavy atom. The Hall–Kier alpha value is -0.910. The number of nitrogens with two attached hydrogens (primary N) is 1. The topological polar surface area (TPSA) is 75.3 Å². The summed E-state index contributed by atoms with van der Waals surface area (Å²) in [6.45, 7) is 3.48. The lowest BCUT2D eigenvalue weighted by atomic mass is 9.91. The summed E-state index contributed by atoms with van der Waals surface area (Å²) in [5, 5.41) is 12.4. The van der Waals surface area contributed by atoms with Gasteiger partial charge in [-0.25, -0.2) is 4.79 Å². The average Bonchev–Trinajstić information content (AvgIpc) is 2.71. The first-order valence-electron chi connectivity index (χ1n) is 5.89. The molecule has 1 aromatic heterocycles. The Morgan fingerprint density at radius 3 is 3.06 bits per heavy atom. The van der Waals surface area contributed by atoms with Crippen LogP contribution in [0.2, 0.25) is 0 Å². The highest BCUT2D eigenvalue weighted by molar-refractivity contribution is 7.12. The van der Waals surface area contributed by atoms with Crippen LogP contribution in [0.15, 0.2) is 6.07 Å². The van der Waals surface area contributed by atoms with Crippen molar-refractivity contribution in [3.8, 4) is 0 Å². The molecule has 0 saturated carbocycles. The second-order valence-electron chi connectivity index (χ2n) is 4.53. The third kappa shape index (κ3) is 2.68.